The van der Waals surface area contributed by atoms with E-state index in [1.54, 1.807) is 22.2 Å². The SMILES string of the molecule is CCS(=O)(=O)N1c2c(C)cc(OC3CCN(C(=O)OC(C)(C)C)CC3)cc2CC1c1ccc2ccc(C#N)cc2c1. The zero-order chi connectivity index (χ0) is 29.5. The van der Waals surface area contributed by atoms with Crippen LogP contribution in [0.4, 0.5) is 10.5 Å². The van der Waals surface area contributed by atoms with Gasteiger partial charge in [0.15, 0.2) is 0 Å². The van der Waals surface area contributed by atoms with Crippen molar-refractivity contribution in [3.8, 4) is 11.8 Å². The van der Waals surface area contributed by atoms with E-state index >= 15 is 0 Å². The van der Waals surface area contributed by atoms with Crippen LogP contribution in [0.2, 0.25) is 0 Å². The molecular formula is C32H37N3O5S. The highest BCUT2D eigenvalue weighted by Gasteiger charge is 2.39. The fraction of sp³-hybridized carbons (Fsp3) is 0.438. The van der Waals surface area contributed by atoms with Gasteiger partial charge >= 0.3 is 6.09 Å². The third-order valence-corrected chi connectivity index (χ3v) is 9.47. The predicted octanol–water partition coefficient (Wildman–Crippen LogP) is 6.25. The van der Waals surface area contributed by atoms with Crippen LogP contribution in [0.3, 0.4) is 0 Å². The van der Waals surface area contributed by atoms with Gasteiger partial charge in [-0.15, -0.1) is 0 Å². The minimum Gasteiger partial charge on any atom is -0.490 e. The van der Waals surface area contributed by atoms with Gasteiger partial charge in [-0.2, -0.15) is 5.26 Å². The van der Waals surface area contributed by atoms with Crippen LogP contribution in [0.1, 0.15) is 68.8 Å². The van der Waals surface area contributed by atoms with Crippen molar-refractivity contribution in [3.05, 3.63) is 70.8 Å². The Morgan fingerprint density at radius 1 is 1.05 bits per heavy atom. The molecule has 5 rings (SSSR count). The number of anilines is 1. The topological polar surface area (TPSA) is 99.9 Å². The summed E-state index contributed by atoms with van der Waals surface area (Å²) in [5.41, 5.74) is 3.41. The molecule has 216 valence electrons. The Hall–Kier alpha value is -3.77. The van der Waals surface area contributed by atoms with Gasteiger partial charge in [0.05, 0.1) is 29.1 Å². The molecule has 3 aromatic rings. The lowest BCUT2D eigenvalue weighted by molar-refractivity contribution is 0.0126. The van der Waals surface area contributed by atoms with Gasteiger partial charge in [0.2, 0.25) is 10.0 Å². The average molecular weight is 576 g/mol. The first-order valence-electron chi connectivity index (χ1n) is 14.1. The molecule has 1 atom stereocenters. The molecule has 0 bridgehead atoms. The Bertz CT molecular complexity index is 1630. The van der Waals surface area contributed by atoms with Gasteiger partial charge in [0.1, 0.15) is 17.5 Å². The monoisotopic (exact) mass is 575 g/mol. The summed E-state index contributed by atoms with van der Waals surface area (Å²) in [4.78, 5) is 14.2. The first kappa shape index (κ1) is 28.7. The van der Waals surface area contributed by atoms with Gasteiger partial charge in [-0.3, -0.25) is 4.31 Å². The highest BCUT2D eigenvalue weighted by atomic mass is 32.2. The molecule has 0 saturated carbocycles. The first-order valence-corrected chi connectivity index (χ1v) is 15.7. The number of amides is 1. The Balaban J connectivity index is 1.39. The van der Waals surface area contributed by atoms with Crippen molar-refractivity contribution >= 4 is 32.6 Å². The number of piperidine rings is 1. The van der Waals surface area contributed by atoms with Crippen molar-refractivity contribution in [1.82, 2.24) is 4.90 Å². The number of fused-ring (bicyclic) bond motifs is 2. The molecular weight excluding hydrogens is 538 g/mol. The third-order valence-electron chi connectivity index (χ3n) is 7.71. The summed E-state index contributed by atoms with van der Waals surface area (Å²) in [7, 11) is -3.57. The largest absolute Gasteiger partial charge is 0.490 e. The summed E-state index contributed by atoms with van der Waals surface area (Å²) < 4.78 is 40.4. The number of carbonyl (C=O) groups is 1. The second-order valence-corrected chi connectivity index (χ2v) is 14.0. The van der Waals surface area contributed by atoms with Gasteiger partial charge in [0.25, 0.3) is 0 Å². The number of benzene rings is 3. The van der Waals surface area contributed by atoms with Crippen LogP contribution in [0.25, 0.3) is 10.8 Å². The molecule has 1 fully saturated rings. The molecule has 1 unspecified atom stereocenters. The Labute approximate surface area is 242 Å². The number of hydrogen-bond donors (Lipinski definition) is 0. The summed E-state index contributed by atoms with van der Waals surface area (Å²) >= 11 is 0. The van der Waals surface area contributed by atoms with Crippen molar-refractivity contribution < 1.29 is 22.7 Å². The van der Waals surface area contributed by atoms with Crippen molar-refractivity contribution in [2.45, 2.75) is 71.6 Å². The van der Waals surface area contributed by atoms with Crippen LogP contribution >= 0.6 is 0 Å². The first-order chi connectivity index (χ1) is 19.4. The van der Waals surface area contributed by atoms with Crippen molar-refractivity contribution in [2.75, 3.05) is 23.1 Å². The van der Waals surface area contributed by atoms with E-state index < -0.39 is 21.7 Å². The van der Waals surface area contributed by atoms with E-state index in [1.807, 2.05) is 70.2 Å². The maximum atomic E-state index is 13.4. The number of nitrogens with zero attached hydrogens (tertiary/aromatic N) is 3. The number of carbonyl (C=O) groups excluding carboxylic acids is 1. The van der Waals surface area contributed by atoms with E-state index in [1.165, 1.54) is 0 Å². The number of ether oxygens (including phenoxy) is 2. The molecule has 2 heterocycles. The molecule has 0 radical (unpaired) electrons. The van der Waals surface area contributed by atoms with Crippen molar-refractivity contribution in [1.29, 1.82) is 5.26 Å². The van der Waals surface area contributed by atoms with Crippen molar-refractivity contribution in [2.24, 2.45) is 0 Å². The van der Waals surface area contributed by atoms with E-state index in [0.717, 1.165) is 33.2 Å². The van der Waals surface area contributed by atoms with Gasteiger partial charge in [-0.05, 0) is 92.4 Å². The summed E-state index contributed by atoms with van der Waals surface area (Å²) in [6.07, 6.45) is 1.55. The van der Waals surface area contributed by atoms with Crippen LogP contribution in [-0.4, -0.2) is 50.0 Å². The fourth-order valence-electron chi connectivity index (χ4n) is 5.75. The fourth-order valence-corrected chi connectivity index (χ4v) is 7.15. The van der Waals surface area contributed by atoms with Crippen LogP contribution in [0, 0.1) is 18.3 Å². The normalized spacial score (nSPS) is 17.8. The average Bonchev–Trinajstić information content (AvgIpc) is 3.33. The highest BCUT2D eigenvalue weighted by molar-refractivity contribution is 7.92. The van der Waals surface area contributed by atoms with E-state index in [2.05, 4.69) is 6.07 Å². The quantitative estimate of drug-likeness (QED) is 0.356. The molecule has 2 aliphatic rings. The Morgan fingerprint density at radius 3 is 2.41 bits per heavy atom. The van der Waals surface area contributed by atoms with E-state index in [-0.39, 0.29) is 18.0 Å². The van der Waals surface area contributed by atoms with Gasteiger partial charge in [0, 0.05) is 32.4 Å². The summed E-state index contributed by atoms with van der Waals surface area (Å²) in [6, 6.07) is 17.2. The molecule has 8 nitrogen and oxygen atoms in total. The summed E-state index contributed by atoms with van der Waals surface area (Å²) in [6.45, 7) is 10.3. The molecule has 1 amide bonds. The zero-order valence-electron chi connectivity index (χ0n) is 24.3. The molecule has 3 aromatic carbocycles. The smallest absolute Gasteiger partial charge is 0.410 e. The number of sulfonamides is 1. The third kappa shape index (κ3) is 5.98. The van der Waals surface area contributed by atoms with E-state index in [0.29, 0.717) is 43.7 Å². The maximum absolute atomic E-state index is 13.4. The molecule has 9 heteroatoms. The lowest BCUT2D eigenvalue weighted by Crippen LogP contribution is -2.44. The molecule has 1 saturated heterocycles. The summed E-state index contributed by atoms with van der Waals surface area (Å²) in [5, 5.41) is 11.3. The molecule has 0 aliphatic carbocycles. The van der Waals surface area contributed by atoms with Gasteiger partial charge in [-0.1, -0.05) is 18.2 Å². The number of rotatable bonds is 5. The number of nitriles is 1. The highest BCUT2D eigenvalue weighted by Crippen LogP contribution is 2.46. The Kier molecular flexibility index (Phi) is 7.64. The molecule has 41 heavy (non-hydrogen) atoms. The van der Waals surface area contributed by atoms with Gasteiger partial charge in [-0.25, -0.2) is 13.2 Å². The van der Waals surface area contributed by atoms with Crippen LogP contribution in [0.15, 0.2) is 48.5 Å². The molecule has 2 aliphatic heterocycles. The molecule has 0 aromatic heterocycles. The maximum Gasteiger partial charge on any atom is 0.410 e. The number of hydrogen-bond acceptors (Lipinski definition) is 6. The number of aryl methyl sites for hydroxylation is 1. The number of likely N-dealkylation sites (tertiary alicyclic amines) is 1. The molecule has 0 N–H and O–H groups in total. The molecule has 0 spiro atoms. The minimum atomic E-state index is -3.57. The lowest BCUT2D eigenvalue weighted by Gasteiger charge is -2.33. The predicted molar refractivity (Wildman–Crippen MR) is 160 cm³/mol. The minimum absolute atomic E-state index is 0.0109. The zero-order valence-corrected chi connectivity index (χ0v) is 25.1. The van der Waals surface area contributed by atoms with Gasteiger partial charge < -0.3 is 14.4 Å². The van der Waals surface area contributed by atoms with Crippen molar-refractivity contribution in [3.63, 3.8) is 0 Å². The van der Waals surface area contributed by atoms with Crippen LogP contribution < -0.4 is 9.04 Å². The Morgan fingerprint density at radius 2 is 1.76 bits per heavy atom. The second kappa shape index (κ2) is 10.9. The second-order valence-electron chi connectivity index (χ2n) is 11.9. The lowest BCUT2D eigenvalue weighted by atomic mass is 9.98. The van der Waals surface area contributed by atoms with Crippen LogP contribution in [-0.2, 0) is 21.2 Å². The standard InChI is InChI=1S/C32H37N3O5S/c1-6-41(37,38)35-29(24-10-9-23-8-7-22(20-33)16-25(23)17-24)19-26-18-28(15-21(2)30(26)35)39-27-11-13-34(14-12-27)31(36)40-32(3,4)5/h7-10,15-18,27,29H,6,11-14,19H2,1-5H3. The summed E-state index contributed by atoms with van der Waals surface area (Å²) in [5.74, 6) is 0.701. The van der Waals surface area contributed by atoms with Crippen LogP contribution in [0.5, 0.6) is 5.75 Å². The van der Waals surface area contributed by atoms with E-state index in [4.69, 9.17) is 9.47 Å². The van der Waals surface area contributed by atoms with E-state index in [9.17, 15) is 18.5 Å².